The largest absolute Gasteiger partial charge is 0.462 e. The molecule has 6 heteroatoms. The number of hydrogen-bond donors (Lipinski definition) is 0. The quantitative estimate of drug-likeness (QED) is 0.0201. The lowest BCUT2D eigenvalue weighted by Gasteiger charge is -2.18. The summed E-state index contributed by atoms with van der Waals surface area (Å²) in [5.41, 5.74) is 0. The summed E-state index contributed by atoms with van der Waals surface area (Å²) >= 11 is 0. The van der Waals surface area contributed by atoms with E-state index in [1.165, 1.54) is 109 Å². The second-order valence-electron chi connectivity index (χ2n) is 15.7. The Balaban J connectivity index is 4.35. The summed E-state index contributed by atoms with van der Waals surface area (Å²) in [6.45, 7) is 6.35. The highest BCUT2D eigenvalue weighted by molar-refractivity contribution is 5.72. The van der Waals surface area contributed by atoms with E-state index in [1.807, 2.05) is 6.08 Å². The van der Waals surface area contributed by atoms with E-state index in [0.29, 0.717) is 12.8 Å². The second-order valence-corrected chi connectivity index (χ2v) is 15.7. The highest BCUT2D eigenvalue weighted by Gasteiger charge is 2.19. The van der Waals surface area contributed by atoms with Gasteiger partial charge in [-0.25, -0.2) is 0 Å². The van der Waals surface area contributed by atoms with E-state index < -0.39 is 12.1 Å². The van der Waals surface area contributed by atoms with E-state index in [1.54, 1.807) is 6.08 Å². The first-order valence-corrected chi connectivity index (χ1v) is 24.0. The lowest BCUT2D eigenvalue weighted by atomic mass is 10.1. The van der Waals surface area contributed by atoms with Crippen LogP contribution in [0.4, 0.5) is 0 Å². The summed E-state index contributed by atoms with van der Waals surface area (Å²) in [7, 11) is 0. The van der Waals surface area contributed by atoms with Crippen LogP contribution in [-0.4, -0.2) is 37.2 Å². The minimum atomic E-state index is -0.814. The van der Waals surface area contributed by atoms with Gasteiger partial charge in [0.2, 0.25) is 0 Å². The minimum absolute atomic E-state index is 0.108. The Labute approximate surface area is 357 Å². The second kappa shape index (κ2) is 46.5. The van der Waals surface area contributed by atoms with Gasteiger partial charge >= 0.3 is 17.9 Å². The average molecular weight is 809 g/mol. The molecule has 0 heterocycles. The summed E-state index contributed by atoms with van der Waals surface area (Å²) in [4.78, 5) is 37.7. The van der Waals surface area contributed by atoms with Crippen molar-refractivity contribution < 1.29 is 28.6 Å². The van der Waals surface area contributed by atoms with Gasteiger partial charge in [-0.2, -0.15) is 0 Å². The number of carbonyl (C=O) groups is 3. The fraction of sp³-hybridized carbons (Fsp3) is 0.712. The monoisotopic (exact) mass is 809 g/mol. The van der Waals surface area contributed by atoms with E-state index in [4.69, 9.17) is 14.2 Å². The van der Waals surface area contributed by atoms with Crippen LogP contribution in [0.2, 0.25) is 0 Å². The molecule has 1 atom stereocenters. The van der Waals surface area contributed by atoms with Gasteiger partial charge in [-0.15, -0.1) is 0 Å². The molecule has 0 amide bonds. The number of allylic oxidation sites excluding steroid dienone is 11. The Morgan fingerprint density at radius 2 is 0.793 bits per heavy atom. The molecule has 0 aliphatic heterocycles. The summed E-state index contributed by atoms with van der Waals surface area (Å²) in [5, 5.41) is 0. The van der Waals surface area contributed by atoms with Crippen molar-refractivity contribution in [1.29, 1.82) is 0 Å². The first-order chi connectivity index (χ1) is 28.5. The molecule has 1 unspecified atom stereocenters. The van der Waals surface area contributed by atoms with E-state index in [9.17, 15) is 14.4 Å². The number of hydrogen-bond acceptors (Lipinski definition) is 6. The van der Waals surface area contributed by atoms with Crippen LogP contribution < -0.4 is 0 Å². The van der Waals surface area contributed by atoms with Crippen LogP contribution in [0.25, 0.3) is 0 Å². The van der Waals surface area contributed by atoms with Gasteiger partial charge in [-0.05, 0) is 83.5 Å². The van der Waals surface area contributed by atoms with Crippen LogP contribution >= 0.6 is 0 Å². The third-order valence-electron chi connectivity index (χ3n) is 9.98. The van der Waals surface area contributed by atoms with Crippen LogP contribution in [0.3, 0.4) is 0 Å². The third-order valence-corrected chi connectivity index (χ3v) is 9.98. The Morgan fingerprint density at radius 3 is 1.29 bits per heavy atom. The van der Waals surface area contributed by atoms with Gasteiger partial charge in [0.25, 0.3) is 0 Å². The van der Waals surface area contributed by atoms with Crippen molar-refractivity contribution in [1.82, 2.24) is 0 Å². The number of ether oxygens (including phenoxy) is 3. The van der Waals surface area contributed by atoms with Gasteiger partial charge < -0.3 is 14.2 Å². The molecule has 0 saturated carbocycles. The van der Waals surface area contributed by atoms with Gasteiger partial charge in [0, 0.05) is 12.8 Å². The zero-order valence-corrected chi connectivity index (χ0v) is 37.8. The lowest BCUT2D eigenvalue weighted by molar-refractivity contribution is -0.166. The fourth-order valence-corrected chi connectivity index (χ4v) is 6.37. The predicted molar refractivity (Wildman–Crippen MR) is 247 cm³/mol. The number of rotatable bonds is 42. The van der Waals surface area contributed by atoms with E-state index in [0.717, 1.165) is 70.6 Å². The lowest BCUT2D eigenvalue weighted by Crippen LogP contribution is -2.30. The molecule has 0 saturated heterocycles. The van der Waals surface area contributed by atoms with E-state index in [-0.39, 0.29) is 31.6 Å². The summed E-state index contributed by atoms with van der Waals surface area (Å²) in [6, 6.07) is 0. The van der Waals surface area contributed by atoms with Crippen LogP contribution in [0, 0.1) is 0 Å². The molecule has 58 heavy (non-hydrogen) atoms. The van der Waals surface area contributed by atoms with Crippen molar-refractivity contribution in [3.05, 3.63) is 72.9 Å². The Morgan fingerprint density at radius 1 is 0.397 bits per heavy atom. The first-order valence-electron chi connectivity index (χ1n) is 24.0. The SMILES string of the molecule is CC/C=C\C/C=C\C/C=C\CC(=O)OCC(COC(=O)CCCCCCCCCCCC/C=C\C=C/CCCCC)OC(=O)CCCCCCC/C=C\CCCCC. The van der Waals surface area contributed by atoms with Crippen molar-refractivity contribution in [2.45, 2.75) is 226 Å². The van der Waals surface area contributed by atoms with Crippen molar-refractivity contribution in [3.8, 4) is 0 Å². The van der Waals surface area contributed by atoms with Crippen LogP contribution in [0.5, 0.6) is 0 Å². The zero-order valence-electron chi connectivity index (χ0n) is 37.8. The Kier molecular flexibility index (Phi) is 44.0. The summed E-state index contributed by atoms with van der Waals surface area (Å²) in [5.74, 6) is -1.05. The molecule has 0 spiro atoms. The van der Waals surface area contributed by atoms with Gasteiger partial charge in [0.1, 0.15) is 13.2 Å². The number of unbranched alkanes of at least 4 members (excludes halogenated alkanes) is 21. The predicted octanol–water partition coefficient (Wildman–Crippen LogP) is 15.5. The van der Waals surface area contributed by atoms with Crippen molar-refractivity contribution >= 4 is 17.9 Å². The van der Waals surface area contributed by atoms with E-state index >= 15 is 0 Å². The van der Waals surface area contributed by atoms with Gasteiger partial charge in [-0.1, -0.05) is 190 Å². The van der Waals surface area contributed by atoms with Gasteiger partial charge in [-0.3, -0.25) is 14.4 Å². The molecular weight excluding hydrogens is 721 g/mol. The molecule has 0 aromatic carbocycles. The molecule has 332 valence electrons. The molecule has 6 nitrogen and oxygen atoms in total. The standard InChI is InChI=1S/C52H88O6/c1-4-7-10-13-16-19-21-23-24-25-26-27-28-29-31-33-36-39-42-45-51(54)57-48-49(47-56-50(53)44-41-38-35-32-18-15-12-9-6-3)58-52(55)46-43-40-37-34-30-22-20-17-14-11-8-5-2/h9,12,16-21,23,32,38,41,49H,4-8,10-11,13-15,22,24-31,33-37,39-40,42-48H2,1-3H3/b12-9-,19-16-,20-17-,23-21-,32-18-,41-38-. The van der Waals surface area contributed by atoms with Crippen LogP contribution in [0.15, 0.2) is 72.9 Å². The van der Waals surface area contributed by atoms with E-state index in [2.05, 4.69) is 81.5 Å². The normalized spacial score (nSPS) is 12.7. The number of esters is 3. The smallest absolute Gasteiger partial charge is 0.309 e. The maximum Gasteiger partial charge on any atom is 0.309 e. The fourth-order valence-electron chi connectivity index (χ4n) is 6.37. The average Bonchev–Trinajstić information content (AvgIpc) is 3.22. The molecular formula is C52H88O6. The molecule has 0 aromatic rings. The highest BCUT2D eigenvalue weighted by Crippen LogP contribution is 2.14. The van der Waals surface area contributed by atoms with Gasteiger partial charge in [0.15, 0.2) is 6.10 Å². The van der Waals surface area contributed by atoms with Crippen molar-refractivity contribution in [2.24, 2.45) is 0 Å². The highest BCUT2D eigenvalue weighted by atomic mass is 16.6. The molecule has 0 aliphatic rings. The van der Waals surface area contributed by atoms with Crippen molar-refractivity contribution in [2.75, 3.05) is 13.2 Å². The molecule has 0 aliphatic carbocycles. The summed E-state index contributed by atoms with van der Waals surface area (Å²) < 4.78 is 16.6. The zero-order chi connectivity index (χ0) is 42.3. The topological polar surface area (TPSA) is 78.9 Å². The third kappa shape index (κ3) is 44.0. The molecule has 0 rings (SSSR count). The van der Waals surface area contributed by atoms with Gasteiger partial charge in [0.05, 0.1) is 6.42 Å². The Hall–Kier alpha value is -3.15. The number of carbonyl (C=O) groups excluding carboxylic acids is 3. The molecule has 0 N–H and O–H groups in total. The summed E-state index contributed by atoms with van der Waals surface area (Å²) in [6.07, 6.45) is 57.8. The maximum absolute atomic E-state index is 12.7. The Bertz CT molecular complexity index is 1110. The molecule has 0 bridgehead atoms. The van der Waals surface area contributed by atoms with Crippen LogP contribution in [0.1, 0.15) is 220 Å². The minimum Gasteiger partial charge on any atom is -0.462 e. The first kappa shape index (κ1) is 54.9. The molecule has 0 fully saturated rings. The molecule has 0 radical (unpaired) electrons. The molecule has 0 aromatic heterocycles. The van der Waals surface area contributed by atoms with Crippen LogP contribution in [-0.2, 0) is 28.6 Å². The maximum atomic E-state index is 12.7. The van der Waals surface area contributed by atoms with Crippen molar-refractivity contribution in [3.63, 3.8) is 0 Å².